The molecule has 240 valence electrons. The Morgan fingerprint density at radius 3 is 2.28 bits per heavy atom. The fourth-order valence-corrected chi connectivity index (χ4v) is 6.01. The monoisotopic (exact) mass is 618 g/mol. The Hall–Kier alpha value is -4.19. The largest absolute Gasteiger partial charge is 0.491 e. The van der Waals surface area contributed by atoms with E-state index >= 15 is 0 Å². The van der Waals surface area contributed by atoms with Crippen molar-refractivity contribution in [2.24, 2.45) is 0 Å². The Bertz CT molecular complexity index is 1590. The molecule has 0 aliphatic heterocycles. The number of hydrogen-bond donors (Lipinski definition) is 0. The van der Waals surface area contributed by atoms with Crippen LogP contribution in [0.2, 0.25) is 0 Å². The van der Waals surface area contributed by atoms with Gasteiger partial charge in [0.05, 0.1) is 13.2 Å². The summed E-state index contributed by atoms with van der Waals surface area (Å²) in [5.41, 5.74) is 9.65. The summed E-state index contributed by atoms with van der Waals surface area (Å²) in [7, 11) is 1.52. The molecule has 46 heavy (non-hydrogen) atoms. The Labute approximate surface area is 274 Å². The van der Waals surface area contributed by atoms with Crippen molar-refractivity contribution in [2.75, 3.05) is 26.9 Å². The van der Waals surface area contributed by atoms with Crippen molar-refractivity contribution in [1.29, 1.82) is 0 Å². The van der Waals surface area contributed by atoms with Gasteiger partial charge in [0.2, 0.25) is 0 Å². The number of unbranched alkanes of at least 4 members (excludes halogenated alkanes) is 1. The van der Waals surface area contributed by atoms with E-state index in [9.17, 15) is 4.79 Å². The second kappa shape index (κ2) is 16.4. The number of benzene rings is 4. The molecule has 4 aromatic carbocycles. The quantitative estimate of drug-likeness (QED) is 0.0983. The van der Waals surface area contributed by atoms with E-state index < -0.39 is 6.10 Å². The molecule has 4 aromatic rings. The van der Waals surface area contributed by atoms with Crippen molar-refractivity contribution < 1.29 is 23.7 Å². The van der Waals surface area contributed by atoms with Crippen molar-refractivity contribution >= 4 is 18.1 Å². The Morgan fingerprint density at radius 2 is 1.54 bits per heavy atom. The number of esters is 1. The first-order chi connectivity index (χ1) is 22.5. The van der Waals surface area contributed by atoms with E-state index in [0.29, 0.717) is 26.2 Å². The molecule has 5 rings (SSSR count). The first-order valence-corrected chi connectivity index (χ1v) is 16.5. The lowest BCUT2D eigenvalue weighted by atomic mass is 9.88. The topological polar surface area (TPSA) is 54.0 Å². The van der Waals surface area contributed by atoms with Crippen LogP contribution < -0.4 is 4.74 Å². The average Bonchev–Trinajstić information content (AvgIpc) is 3.24. The number of hydrogen-bond acceptors (Lipinski definition) is 5. The van der Waals surface area contributed by atoms with Crippen LogP contribution in [0.5, 0.6) is 5.75 Å². The van der Waals surface area contributed by atoms with Gasteiger partial charge in [-0.2, -0.15) is 0 Å². The highest BCUT2D eigenvalue weighted by Gasteiger charge is 2.24. The van der Waals surface area contributed by atoms with Gasteiger partial charge in [-0.1, -0.05) is 111 Å². The third kappa shape index (κ3) is 8.34. The van der Waals surface area contributed by atoms with Crippen molar-refractivity contribution in [1.82, 2.24) is 0 Å². The normalized spacial score (nSPS) is 14.9. The van der Waals surface area contributed by atoms with Gasteiger partial charge in [0.15, 0.2) is 6.10 Å². The lowest BCUT2D eigenvalue weighted by Crippen LogP contribution is -2.27. The van der Waals surface area contributed by atoms with Gasteiger partial charge >= 0.3 is 5.97 Å². The minimum Gasteiger partial charge on any atom is -0.491 e. The van der Waals surface area contributed by atoms with E-state index in [0.717, 1.165) is 17.7 Å². The van der Waals surface area contributed by atoms with E-state index in [-0.39, 0.29) is 18.0 Å². The van der Waals surface area contributed by atoms with E-state index in [1.165, 1.54) is 58.9 Å². The second-order valence-corrected chi connectivity index (χ2v) is 11.8. The lowest BCUT2D eigenvalue weighted by molar-refractivity contribution is -0.154. The van der Waals surface area contributed by atoms with E-state index in [2.05, 4.69) is 92.7 Å². The van der Waals surface area contributed by atoms with Gasteiger partial charge in [-0.25, -0.2) is 4.79 Å². The van der Waals surface area contributed by atoms with Crippen LogP contribution in [-0.2, 0) is 31.8 Å². The molecule has 5 nitrogen and oxygen atoms in total. The summed E-state index contributed by atoms with van der Waals surface area (Å²) < 4.78 is 23.2. The highest BCUT2D eigenvalue weighted by Crippen LogP contribution is 2.38. The fourth-order valence-electron chi connectivity index (χ4n) is 6.01. The number of carbonyl (C=O) groups excluding carboxylic acids is 1. The molecule has 0 saturated carbocycles. The molecule has 0 aromatic heterocycles. The zero-order valence-corrected chi connectivity index (χ0v) is 27.5. The van der Waals surface area contributed by atoms with Gasteiger partial charge in [0, 0.05) is 19.4 Å². The highest BCUT2D eigenvalue weighted by atomic mass is 16.6. The molecule has 1 aliphatic rings. The van der Waals surface area contributed by atoms with E-state index in [1.807, 2.05) is 24.3 Å². The summed E-state index contributed by atoms with van der Waals surface area (Å²) in [6.07, 6.45) is 7.47. The Kier molecular flexibility index (Phi) is 11.8. The third-order valence-corrected chi connectivity index (χ3v) is 8.70. The molecule has 0 N–H and O–H groups in total. The average molecular weight is 619 g/mol. The van der Waals surface area contributed by atoms with Gasteiger partial charge in [0.1, 0.15) is 18.5 Å². The van der Waals surface area contributed by atoms with Crippen molar-refractivity contribution in [3.05, 3.63) is 136 Å². The van der Waals surface area contributed by atoms with Gasteiger partial charge in [-0.15, -0.1) is 0 Å². The molecule has 0 amide bonds. The Morgan fingerprint density at radius 1 is 0.783 bits per heavy atom. The second-order valence-electron chi connectivity index (χ2n) is 11.8. The van der Waals surface area contributed by atoms with Crippen LogP contribution in [0.3, 0.4) is 0 Å². The highest BCUT2D eigenvalue weighted by molar-refractivity contribution is 5.77. The van der Waals surface area contributed by atoms with Crippen LogP contribution in [0.1, 0.15) is 90.1 Å². The number of carbonyl (C=O) groups is 1. The van der Waals surface area contributed by atoms with Crippen LogP contribution in [0.4, 0.5) is 0 Å². The van der Waals surface area contributed by atoms with Crippen LogP contribution in [0.25, 0.3) is 12.2 Å². The van der Waals surface area contributed by atoms with Gasteiger partial charge in [-0.05, 0) is 76.4 Å². The number of fused-ring (bicyclic) bond motifs is 2. The third-order valence-electron chi connectivity index (χ3n) is 8.70. The van der Waals surface area contributed by atoms with Crippen molar-refractivity contribution in [3.8, 4) is 5.75 Å². The fraction of sp³-hybridized carbons (Fsp3) is 0.341. The number of methoxy groups -OCH3 is 1. The summed E-state index contributed by atoms with van der Waals surface area (Å²) in [5, 5.41) is 0. The molecule has 3 unspecified atom stereocenters. The van der Waals surface area contributed by atoms with Crippen LogP contribution in [0.15, 0.2) is 91.0 Å². The lowest BCUT2D eigenvalue weighted by Gasteiger charge is -2.23. The predicted molar refractivity (Wildman–Crippen MR) is 185 cm³/mol. The maximum absolute atomic E-state index is 12.1. The molecule has 3 atom stereocenters. The van der Waals surface area contributed by atoms with Crippen LogP contribution in [-0.4, -0.2) is 39.0 Å². The predicted octanol–water partition coefficient (Wildman–Crippen LogP) is 8.97. The maximum atomic E-state index is 12.1. The number of ether oxygens (including phenoxy) is 4. The van der Waals surface area contributed by atoms with Gasteiger partial charge < -0.3 is 18.9 Å². The summed E-state index contributed by atoms with van der Waals surface area (Å²) >= 11 is 0. The number of rotatable bonds is 15. The summed E-state index contributed by atoms with van der Waals surface area (Å²) in [4.78, 5) is 12.1. The SMILES string of the molecule is CCCCc1ccc2c(c1)C(OCCOc1ccc(CC(OC)C(=O)OCC)cc1)c1ccc(C(C)c3ccccc3)cc1C=C2. The van der Waals surface area contributed by atoms with Gasteiger partial charge in [-0.3, -0.25) is 0 Å². The molecule has 0 bridgehead atoms. The molecule has 0 fully saturated rings. The zero-order chi connectivity index (χ0) is 32.3. The summed E-state index contributed by atoms with van der Waals surface area (Å²) in [6.45, 7) is 7.46. The van der Waals surface area contributed by atoms with E-state index in [1.54, 1.807) is 6.92 Å². The van der Waals surface area contributed by atoms with E-state index in [4.69, 9.17) is 18.9 Å². The standard InChI is InChI=1S/C41H46O5/c1-5-7-11-30-14-17-33-18-19-35-28-34(29(3)32-12-9-8-10-13-32)20-23-37(35)40(38(33)26-30)46-25-24-45-36-21-15-31(16-22-36)27-39(43-4)41(42)44-6-2/h8-10,12-23,26,28-29,39-40H,5-7,11,24-25,27H2,1-4H3. The molecule has 0 heterocycles. The summed E-state index contributed by atoms with van der Waals surface area (Å²) in [5.74, 6) is 0.691. The smallest absolute Gasteiger partial charge is 0.335 e. The maximum Gasteiger partial charge on any atom is 0.335 e. The van der Waals surface area contributed by atoms with Crippen molar-refractivity contribution in [2.45, 2.75) is 64.6 Å². The first kappa shape index (κ1) is 33.2. The van der Waals surface area contributed by atoms with Crippen LogP contribution in [0, 0.1) is 0 Å². The zero-order valence-electron chi connectivity index (χ0n) is 27.5. The minimum absolute atomic E-state index is 0.206. The molecule has 0 radical (unpaired) electrons. The molecule has 0 saturated heterocycles. The first-order valence-electron chi connectivity index (χ1n) is 16.5. The molecular weight excluding hydrogens is 572 g/mol. The minimum atomic E-state index is -0.625. The van der Waals surface area contributed by atoms with Crippen molar-refractivity contribution in [3.63, 3.8) is 0 Å². The summed E-state index contributed by atoms with van der Waals surface area (Å²) in [6, 6.07) is 32.0. The van der Waals surface area contributed by atoms with Gasteiger partial charge in [0.25, 0.3) is 0 Å². The number of aryl methyl sites for hydroxylation is 1. The molecule has 0 spiro atoms. The van der Waals surface area contributed by atoms with Crippen LogP contribution >= 0.6 is 0 Å². The molecular formula is C41H46O5. The molecule has 5 heteroatoms. The Balaban J connectivity index is 1.30. The molecule has 1 aliphatic carbocycles.